The lowest BCUT2D eigenvalue weighted by atomic mass is 9.96. The zero-order chi connectivity index (χ0) is 30.4. The van der Waals surface area contributed by atoms with Crippen molar-refractivity contribution in [3.05, 3.63) is 89.9 Å². The lowest BCUT2D eigenvalue weighted by Gasteiger charge is -2.43. The van der Waals surface area contributed by atoms with Gasteiger partial charge in [0.25, 0.3) is 0 Å². The van der Waals surface area contributed by atoms with Crippen molar-refractivity contribution in [2.45, 2.75) is 50.5 Å². The van der Waals surface area contributed by atoms with E-state index in [0.29, 0.717) is 18.2 Å². The Balaban J connectivity index is 1.29. The molecule has 0 bridgehead atoms. The minimum absolute atomic E-state index is 0.0615. The molecule has 2 saturated heterocycles. The summed E-state index contributed by atoms with van der Waals surface area (Å²) in [4.78, 5) is 31.2. The minimum Gasteiger partial charge on any atom is -0.332 e. The smallest absolute Gasteiger partial charge is 0.332 e. The highest BCUT2D eigenvalue weighted by Crippen LogP contribution is 2.30. The summed E-state index contributed by atoms with van der Waals surface area (Å²) in [6, 6.07) is 13.3. The van der Waals surface area contributed by atoms with Crippen molar-refractivity contribution in [3.63, 3.8) is 0 Å². The van der Waals surface area contributed by atoms with Crippen LogP contribution in [0.2, 0.25) is 0 Å². The number of rotatable bonds is 8. The number of hydrogen-bond acceptors (Lipinski definition) is 6. The van der Waals surface area contributed by atoms with E-state index in [1.54, 1.807) is 24.7 Å². The first-order valence-corrected chi connectivity index (χ1v) is 14.8. The molecular weight excluding hydrogens is 553 g/mol. The zero-order valence-corrected chi connectivity index (χ0v) is 24.7. The van der Waals surface area contributed by atoms with Crippen LogP contribution in [0.4, 0.5) is 24.7 Å². The molecule has 1 amide bonds. The quantitative estimate of drug-likeness (QED) is 0.306. The maximum absolute atomic E-state index is 13.6. The Morgan fingerprint density at radius 2 is 1.63 bits per heavy atom. The maximum Gasteiger partial charge on any atom is 0.416 e. The Hall–Kier alpha value is -3.76. The highest BCUT2D eigenvalue weighted by atomic mass is 19.4. The first-order chi connectivity index (χ1) is 20.7. The van der Waals surface area contributed by atoms with Gasteiger partial charge in [-0.1, -0.05) is 18.2 Å². The molecule has 0 aliphatic carbocycles. The van der Waals surface area contributed by atoms with E-state index in [1.807, 2.05) is 41.1 Å². The normalized spacial score (nSPS) is 17.8. The molecule has 2 aliphatic rings. The van der Waals surface area contributed by atoms with Crippen LogP contribution < -0.4 is 4.90 Å². The molecule has 0 spiro atoms. The summed E-state index contributed by atoms with van der Waals surface area (Å²) < 4.78 is 38.9. The highest BCUT2D eigenvalue weighted by molar-refractivity contribution is 5.92. The Labute approximate surface area is 251 Å². The van der Waals surface area contributed by atoms with Gasteiger partial charge in [-0.15, -0.1) is 0 Å². The van der Waals surface area contributed by atoms with Crippen molar-refractivity contribution in [3.8, 4) is 0 Å². The van der Waals surface area contributed by atoms with E-state index in [-0.39, 0.29) is 11.9 Å². The van der Waals surface area contributed by atoms with Crippen LogP contribution in [0.15, 0.2) is 73.2 Å². The van der Waals surface area contributed by atoms with Gasteiger partial charge in [-0.2, -0.15) is 13.2 Å². The molecule has 0 N–H and O–H groups in total. The van der Waals surface area contributed by atoms with Crippen LogP contribution in [0, 0.1) is 0 Å². The highest BCUT2D eigenvalue weighted by Gasteiger charge is 2.32. The van der Waals surface area contributed by atoms with Crippen molar-refractivity contribution in [1.29, 1.82) is 0 Å². The van der Waals surface area contributed by atoms with Gasteiger partial charge in [-0.25, -0.2) is 4.98 Å². The number of anilines is 2. The van der Waals surface area contributed by atoms with Gasteiger partial charge in [0.05, 0.1) is 5.56 Å². The van der Waals surface area contributed by atoms with E-state index in [1.165, 1.54) is 31.1 Å². The Kier molecular flexibility index (Phi) is 9.77. The van der Waals surface area contributed by atoms with Crippen LogP contribution in [-0.4, -0.2) is 82.9 Å². The number of carbonyl (C=O) groups is 1. The molecule has 10 heteroatoms. The lowest BCUT2D eigenvalue weighted by Crippen LogP contribution is -2.51. The van der Waals surface area contributed by atoms with Crippen LogP contribution >= 0.6 is 0 Å². The average Bonchev–Trinajstić information content (AvgIpc) is 3.03. The minimum atomic E-state index is -4.39. The third-order valence-electron chi connectivity index (χ3n) is 8.64. The van der Waals surface area contributed by atoms with Crippen molar-refractivity contribution < 1.29 is 18.0 Å². The summed E-state index contributed by atoms with van der Waals surface area (Å²) in [5.41, 5.74) is 1.72. The van der Waals surface area contributed by atoms with E-state index >= 15 is 0 Å². The predicted molar refractivity (Wildman–Crippen MR) is 163 cm³/mol. The van der Waals surface area contributed by atoms with Gasteiger partial charge in [0, 0.05) is 69.1 Å². The third-order valence-corrected chi connectivity index (χ3v) is 8.64. The zero-order valence-electron chi connectivity index (χ0n) is 24.7. The Bertz CT molecular complexity index is 1350. The topological polar surface area (TPSA) is 55.8 Å². The summed E-state index contributed by atoms with van der Waals surface area (Å²) in [6.45, 7) is 4.52. The first-order valence-electron chi connectivity index (χ1n) is 14.8. The number of pyridine rings is 2. The van der Waals surface area contributed by atoms with Crippen LogP contribution in [-0.2, 0) is 17.5 Å². The molecule has 5 rings (SSSR count). The summed E-state index contributed by atoms with van der Waals surface area (Å²) in [5.74, 6) is 0.622. The Morgan fingerprint density at radius 1 is 0.953 bits per heavy atom. The average molecular weight is 593 g/mol. The molecule has 4 heterocycles. The molecule has 0 atom stereocenters. The van der Waals surface area contributed by atoms with Gasteiger partial charge in [-0.3, -0.25) is 9.78 Å². The number of nitrogens with zero attached hydrogens (tertiary/aromatic N) is 6. The summed E-state index contributed by atoms with van der Waals surface area (Å²) in [6.07, 6.45) is 8.05. The fraction of sp³-hybridized carbons (Fsp3) is 0.424. The van der Waals surface area contributed by atoms with Gasteiger partial charge >= 0.3 is 6.18 Å². The molecule has 228 valence electrons. The van der Waals surface area contributed by atoms with E-state index in [0.717, 1.165) is 68.2 Å². The third kappa shape index (κ3) is 8.00. The van der Waals surface area contributed by atoms with E-state index < -0.39 is 11.7 Å². The molecule has 0 radical (unpaired) electrons. The van der Waals surface area contributed by atoms with Crippen molar-refractivity contribution in [1.82, 2.24) is 24.7 Å². The van der Waals surface area contributed by atoms with Crippen molar-refractivity contribution in [2.75, 3.05) is 45.2 Å². The van der Waals surface area contributed by atoms with E-state index in [2.05, 4.69) is 26.8 Å². The molecule has 43 heavy (non-hydrogen) atoms. The fourth-order valence-corrected chi connectivity index (χ4v) is 5.96. The molecule has 2 fully saturated rings. The van der Waals surface area contributed by atoms with E-state index in [4.69, 9.17) is 0 Å². The lowest BCUT2D eigenvalue weighted by molar-refractivity contribution is -0.137. The SMILES string of the molecule is CN1CCC(N2CCC(N(Cc3ccc(N(C)c4ccncc4)nc3)C(=O)C=Cc3ccc(C(F)(F)F)cc3)CC2)CC1. The number of piperidine rings is 2. The number of aromatic nitrogens is 2. The largest absolute Gasteiger partial charge is 0.416 e. The van der Waals surface area contributed by atoms with Crippen LogP contribution in [0.25, 0.3) is 6.08 Å². The van der Waals surface area contributed by atoms with Crippen LogP contribution in [0.5, 0.6) is 0 Å². The fourth-order valence-electron chi connectivity index (χ4n) is 5.96. The number of benzene rings is 1. The number of halogens is 3. The molecule has 1 aromatic carbocycles. The second kappa shape index (κ2) is 13.7. The van der Waals surface area contributed by atoms with Gasteiger partial charge in [0.2, 0.25) is 5.91 Å². The number of alkyl halides is 3. The summed E-state index contributed by atoms with van der Waals surface area (Å²) in [5, 5.41) is 0. The molecule has 0 saturated carbocycles. The standard InChI is InChI=1S/C33H39F3N6O/c1-39-19-13-29(14-20-39)41-21-15-30(16-22-41)42(32(43)10-6-25-3-7-27(8-4-25)33(34,35)36)24-26-5-9-31(38-23-26)40(2)28-11-17-37-18-12-28/h3-12,17-18,23,29-30H,13-16,19-22,24H2,1-2H3. The van der Waals surface area contributed by atoms with Crippen LogP contribution in [0.1, 0.15) is 42.4 Å². The van der Waals surface area contributed by atoms with Gasteiger partial charge < -0.3 is 19.6 Å². The number of amides is 1. The van der Waals surface area contributed by atoms with Gasteiger partial charge in [-0.05, 0) is 93.4 Å². The molecular formula is C33H39F3N6O. The molecule has 2 aliphatic heterocycles. The van der Waals surface area contributed by atoms with Crippen LogP contribution in [0.3, 0.4) is 0 Å². The van der Waals surface area contributed by atoms with E-state index in [9.17, 15) is 18.0 Å². The van der Waals surface area contributed by atoms with Crippen molar-refractivity contribution in [2.24, 2.45) is 0 Å². The molecule has 2 aromatic heterocycles. The molecule has 0 unspecified atom stereocenters. The summed E-state index contributed by atoms with van der Waals surface area (Å²) >= 11 is 0. The monoisotopic (exact) mass is 592 g/mol. The molecule has 3 aromatic rings. The first kappa shape index (κ1) is 30.7. The number of hydrogen-bond donors (Lipinski definition) is 0. The van der Waals surface area contributed by atoms with Gasteiger partial charge in [0.15, 0.2) is 0 Å². The summed E-state index contributed by atoms with van der Waals surface area (Å²) in [7, 11) is 4.11. The Morgan fingerprint density at radius 3 is 2.23 bits per heavy atom. The predicted octanol–water partition coefficient (Wildman–Crippen LogP) is 5.86. The number of carbonyl (C=O) groups excluding carboxylic acids is 1. The van der Waals surface area contributed by atoms with Gasteiger partial charge in [0.1, 0.15) is 5.82 Å². The second-order valence-corrected chi connectivity index (χ2v) is 11.5. The van der Waals surface area contributed by atoms with Crippen molar-refractivity contribution >= 4 is 23.5 Å². The number of likely N-dealkylation sites (tertiary alicyclic amines) is 2. The molecule has 7 nitrogen and oxygen atoms in total. The maximum atomic E-state index is 13.6. The second-order valence-electron chi connectivity index (χ2n) is 11.5.